The van der Waals surface area contributed by atoms with Gasteiger partial charge in [-0.1, -0.05) is 23.7 Å². The van der Waals surface area contributed by atoms with Gasteiger partial charge in [0.15, 0.2) is 0 Å². The molecule has 0 aromatic heterocycles. The number of halogens is 1. The molecular formula is C13H17ClN2O2S. The Balaban J connectivity index is 2.21. The Morgan fingerprint density at radius 2 is 1.84 bits per heavy atom. The summed E-state index contributed by atoms with van der Waals surface area (Å²) in [5.41, 5.74) is 0.993. The summed E-state index contributed by atoms with van der Waals surface area (Å²) in [4.78, 5) is 24.4. The van der Waals surface area contributed by atoms with E-state index in [2.05, 4.69) is 5.32 Å². The third kappa shape index (κ3) is 6.50. The molecule has 19 heavy (non-hydrogen) atoms. The molecule has 1 N–H and O–H groups in total. The second-order valence-corrected chi connectivity index (χ2v) is 5.61. The van der Waals surface area contributed by atoms with Crippen molar-refractivity contribution in [1.29, 1.82) is 0 Å². The van der Waals surface area contributed by atoms with Crippen molar-refractivity contribution in [1.82, 2.24) is 10.2 Å². The molecule has 0 atom stereocenters. The molecule has 0 spiro atoms. The molecule has 0 saturated carbocycles. The fraction of sp³-hybridized carbons (Fsp3) is 0.385. The van der Waals surface area contributed by atoms with Crippen LogP contribution in [0.3, 0.4) is 0 Å². The number of carbonyl (C=O) groups excluding carboxylic acids is 2. The van der Waals surface area contributed by atoms with E-state index in [1.807, 2.05) is 12.1 Å². The molecule has 1 rings (SSSR count). The maximum absolute atomic E-state index is 11.6. The van der Waals surface area contributed by atoms with Crippen molar-refractivity contribution >= 4 is 35.2 Å². The van der Waals surface area contributed by atoms with E-state index < -0.39 is 0 Å². The van der Waals surface area contributed by atoms with Gasteiger partial charge >= 0.3 is 0 Å². The second-order valence-electron chi connectivity index (χ2n) is 4.18. The number of benzene rings is 1. The molecule has 0 radical (unpaired) electrons. The van der Waals surface area contributed by atoms with E-state index in [4.69, 9.17) is 11.6 Å². The van der Waals surface area contributed by atoms with Crippen LogP contribution in [0.15, 0.2) is 24.3 Å². The zero-order chi connectivity index (χ0) is 14.3. The molecule has 0 aliphatic rings. The van der Waals surface area contributed by atoms with Gasteiger partial charge in [0.2, 0.25) is 11.8 Å². The summed E-state index contributed by atoms with van der Waals surface area (Å²) < 4.78 is 0. The van der Waals surface area contributed by atoms with Crippen molar-refractivity contribution in [2.45, 2.75) is 6.54 Å². The average Bonchev–Trinajstić information content (AvgIpc) is 2.37. The van der Waals surface area contributed by atoms with Crippen LogP contribution in [0.25, 0.3) is 0 Å². The van der Waals surface area contributed by atoms with Crippen LogP contribution < -0.4 is 5.32 Å². The minimum atomic E-state index is -0.0773. The van der Waals surface area contributed by atoms with Crippen molar-refractivity contribution in [3.63, 3.8) is 0 Å². The summed E-state index contributed by atoms with van der Waals surface area (Å²) in [6.45, 7) is 0.470. The van der Waals surface area contributed by atoms with Gasteiger partial charge in [-0.25, -0.2) is 0 Å². The van der Waals surface area contributed by atoms with E-state index in [1.54, 1.807) is 26.2 Å². The molecule has 0 bridgehead atoms. The van der Waals surface area contributed by atoms with Crippen LogP contribution in [0.4, 0.5) is 0 Å². The second kappa shape index (κ2) is 8.07. The maximum Gasteiger partial charge on any atom is 0.232 e. The minimum Gasteiger partial charge on any atom is -0.351 e. The summed E-state index contributed by atoms with van der Waals surface area (Å²) >= 11 is 7.08. The lowest BCUT2D eigenvalue weighted by Gasteiger charge is -2.09. The molecule has 4 nitrogen and oxygen atoms in total. The van der Waals surface area contributed by atoms with Crippen LogP contribution in [-0.4, -0.2) is 42.3 Å². The van der Waals surface area contributed by atoms with E-state index in [0.717, 1.165) is 5.56 Å². The first-order valence-corrected chi connectivity index (χ1v) is 7.31. The zero-order valence-corrected chi connectivity index (χ0v) is 12.6. The topological polar surface area (TPSA) is 49.4 Å². The summed E-state index contributed by atoms with van der Waals surface area (Å²) in [7, 11) is 3.40. The molecule has 0 aliphatic heterocycles. The highest BCUT2D eigenvalue weighted by atomic mass is 35.5. The van der Waals surface area contributed by atoms with Gasteiger partial charge in [0, 0.05) is 25.7 Å². The van der Waals surface area contributed by atoms with E-state index in [1.165, 1.54) is 16.7 Å². The van der Waals surface area contributed by atoms with Crippen LogP contribution in [0.2, 0.25) is 5.02 Å². The Morgan fingerprint density at radius 1 is 1.21 bits per heavy atom. The lowest BCUT2D eigenvalue weighted by molar-refractivity contribution is -0.125. The van der Waals surface area contributed by atoms with Crippen LogP contribution in [-0.2, 0) is 16.1 Å². The number of hydrogen-bond acceptors (Lipinski definition) is 3. The van der Waals surface area contributed by atoms with Gasteiger partial charge in [-0.15, -0.1) is 11.8 Å². The molecule has 0 fully saturated rings. The van der Waals surface area contributed by atoms with Gasteiger partial charge in [-0.05, 0) is 17.7 Å². The van der Waals surface area contributed by atoms with Crippen LogP contribution in [0.5, 0.6) is 0 Å². The predicted molar refractivity (Wildman–Crippen MR) is 79.3 cm³/mol. The van der Waals surface area contributed by atoms with Crippen molar-refractivity contribution in [3.8, 4) is 0 Å². The smallest absolute Gasteiger partial charge is 0.232 e. The summed E-state index contributed by atoms with van der Waals surface area (Å²) in [5.74, 6) is 0.538. The fourth-order valence-corrected chi connectivity index (χ4v) is 2.16. The van der Waals surface area contributed by atoms with Crippen LogP contribution >= 0.6 is 23.4 Å². The monoisotopic (exact) mass is 300 g/mol. The largest absolute Gasteiger partial charge is 0.351 e. The molecule has 1 aromatic carbocycles. The predicted octanol–water partition coefficient (Wildman–Crippen LogP) is 1.78. The quantitative estimate of drug-likeness (QED) is 0.871. The van der Waals surface area contributed by atoms with Crippen LogP contribution in [0, 0.1) is 0 Å². The molecule has 2 amide bonds. The molecule has 0 aliphatic carbocycles. The first kappa shape index (κ1) is 15.9. The van der Waals surface area contributed by atoms with Crippen LogP contribution in [0.1, 0.15) is 5.56 Å². The Labute approximate surface area is 122 Å². The van der Waals surface area contributed by atoms with Gasteiger partial charge < -0.3 is 10.2 Å². The first-order chi connectivity index (χ1) is 8.99. The normalized spacial score (nSPS) is 10.1. The van der Waals surface area contributed by atoms with E-state index in [-0.39, 0.29) is 17.6 Å². The molecule has 0 unspecified atom stereocenters. The third-order valence-electron chi connectivity index (χ3n) is 2.36. The average molecular weight is 301 g/mol. The summed E-state index contributed by atoms with van der Waals surface area (Å²) in [6.07, 6.45) is 0. The number of rotatable bonds is 6. The van der Waals surface area contributed by atoms with Gasteiger partial charge in [0.05, 0.1) is 11.5 Å². The van der Waals surface area contributed by atoms with Gasteiger partial charge in [-0.2, -0.15) is 0 Å². The minimum absolute atomic E-state index is 0.00972. The molecule has 0 saturated heterocycles. The number of nitrogens with zero attached hydrogens (tertiary/aromatic N) is 1. The van der Waals surface area contributed by atoms with Crippen molar-refractivity contribution < 1.29 is 9.59 Å². The van der Waals surface area contributed by atoms with E-state index in [9.17, 15) is 9.59 Å². The number of carbonyl (C=O) groups is 2. The molecule has 6 heteroatoms. The number of nitrogens with one attached hydrogen (secondary N) is 1. The number of thioether (sulfide) groups is 1. The van der Waals surface area contributed by atoms with Crippen molar-refractivity contribution in [2.75, 3.05) is 25.6 Å². The highest BCUT2D eigenvalue weighted by Crippen LogP contribution is 2.09. The Kier molecular flexibility index (Phi) is 6.73. The molecular weight excluding hydrogens is 284 g/mol. The first-order valence-electron chi connectivity index (χ1n) is 5.78. The summed E-state index contributed by atoms with van der Waals surface area (Å²) in [5, 5.41) is 3.47. The van der Waals surface area contributed by atoms with Gasteiger partial charge in [0.1, 0.15) is 0 Å². The number of hydrogen-bond donors (Lipinski definition) is 1. The standard InChI is InChI=1S/C13H17ClN2O2S/c1-16(2)13(18)9-19-8-12(17)15-7-10-3-5-11(14)6-4-10/h3-6H,7-9H2,1-2H3,(H,15,17). The molecule has 0 heterocycles. The zero-order valence-electron chi connectivity index (χ0n) is 11.0. The Hall–Kier alpha value is -1.20. The third-order valence-corrected chi connectivity index (χ3v) is 3.53. The molecule has 1 aromatic rings. The highest BCUT2D eigenvalue weighted by Gasteiger charge is 2.06. The lowest BCUT2D eigenvalue weighted by Crippen LogP contribution is -2.27. The highest BCUT2D eigenvalue weighted by molar-refractivity contribution is 8.00. The van der Waals surface area contributed by atoms with E-state index in [0.29, 0.717) is 17.3 Å². The Bertz CT molecular complexity index is 435. The fourth-order valence-electron chi connectivity index (χ4n) is 1.21. The van der Waals surface area contributed by atoms with Crippen molar-refractivity contribution in [3.05, 3.63) is 34.9 Å². The van der Waals surface area contributed by atoms with Crippen molar-refractivity contribution in [2.24, 2.45) is 0 Å². The number of amides is 2. The SMILES string of the molecule is CN(C)C(=O)CSCC(=O)NCc1ccc(Cl)cc1. The van der Waals surface area contributed by atoms with E-state index >= 15 is 0 Å². The van der Waals surface area contributed by atoms with Gasteiger partial charge in [0.25, 0.3) is 0 Å². The lowest BCUT2D eigenvalue weighted by atomic mass is 10.2. The van der Waals surface area contributed by atoms with Gasteiger partial charge in [-0.3, -0.25) is 9.59 Å². The molecule has 104 valence electrons. The maximum atomic E-state index is 11.6. The summed E-state index contributed by atoms with van der Waals surface area (Å²) in [6, 6.07) is 7.30. The Morgan fingerprint density at radius 3 is 2.42 bits per heavy atom.